The molecule has 0 aliphatic heterocycles. The summed E-state index contributed by atoms with van der Waals surface area (Å²) in [7, 11) is 0. The molecule has 1 aromatic carbocycles. The first kappa shape index (κ1) is 19.3. The summed E-state index contributed by atoms with van der Waals surface area (Å²) in [6, 6.07) is 15.1. The Labute approximate surface area is 176 Å². The minimum atomic E-state index is -0.371. The van der Waals surface area contributed by atoms with Gasteiger partial charge in [0, 0.05) is 5.39 Å². The topological polar surface area (TPSA) is 68.3 Å². The first-order valence-corrected chi connectivity index (χ1v) is 10.8. The number of fused-ring (bicyclic) bond motifs is 1. The van der Waals surface area contributed by atoms with Crippen molar-refractivity contribution >= 4 is 50.5 Å². The molecule has 0 spiro atoms. The number of rotatable bonds is 5. The molecule has 0 aliphatic carbocycles. The third-order valence-electron chi connectivity index (χ3n) is 4.35. The molecule has 4 aromatic rings. The van der Waals surface area contributed by atoms with Crippen molar-refractivity contribution in [2.45, 2.75) is 13.8 Å². The minimum Gasteiger partial charge on any atom is -0.462 e. The largest absolute Gasteiger partial charge is 0.462 e. The molecule has 0 saturated carbocycles. The van der Waals surface area contributed by atoms with Gasteiger partial charge in [0.25, 0.3) is 5.91 Å². The van der Waals surface area contributed by atoms with Gasteiger partial charge in [0.2, 0.25) is 0 Å². The van der Waals surface area contributed by atoms with E-state index < -0.39 is 0 Å². The van der Waals surface area contributed by atoms with Gasteiger partial charge in [-0.2, -0.15) is 0 Å². The number of hydrogen-bond acceptors (Lipinski definition) is 6. The molecular weight excluding hydrogens is 404 g/mol. The molecule has 0 bridgehead atoms. The summed E-state index contributed by atoms with van der Waals surface area (Å²) in [5.74, 6) is -0.608. The number of amides is 1. The Balaban J connectivity index is 1.70. The Morgan fingerprint density at radius 1 is 1.14 bits per heavy atom. The van der Waals surface area contributed by atoms with Gasteiger partial charge in [-0.1, -0.05) is 24.3 Å². The standard InChI is InChI=1S/C22H18N2O3S2/c1-3-27-22(26)20-13(2)11-19(29-20)24-21(25)15-12-17(18-9-6-10-28-18)23-16-8-5-4-7-14(15)16/h4-12H,3H2,1-2H3,(H,24,25). The van der Waals surface area contributed by atoms with Crippen molar-refractivity contribution in [3.8, 4) is 10.6 Å². The van der Waals surface area contributed by atoms with Crippen LogP contribution in [0.25, 0.3) is 21.5 Å². The molecule has 146 valence electrons. The Kier molecular flexibility index (Phi) is 5.42. The van der Waals surface area contributed by atoms with Crippen LogP contribution in [0.4, 0.5) is 5.00 Å². The van der Waals surface area contributed by atoms with E-state index in [0.29, 0.717) is 22.0 Å². The maximum Gasteiger partial charge on any atom is 0.348 e. The first-order chi connectivity index (χ1) is 14.1. The molecule has 0 unspecified atom stereocenters. The highest BCUT2D eigenvalue weighted by Crippen LogP contribution is 2.31. The van der Waals surface area contributed by atoms with Crippen LogP contribution in [0.5, 0.6) is 0 Å². The molecule has 0 fully saturated rings. The van der Waals surface area contributed by atoms with Crippen molar-refractivity contribution in [1.29, 1.82) is 0 Å². The van der Waals surface area contributed by atoms with Crippen LogP contribution in [0.15, 0.2) is 53.9 Å². The summed E-state index contributed by atoms with van der Waals surface area (Å²) in [4.78, 5) is 31.4. The molecule has 0 atom stereocenters. The second-order valence-corrected chi connectivity index (χ2v) is 8.35. The van der Waals surface area contributed by atoms with E-state index >= 15 is 0 Å². The van der Waals surface area contributed by atoms with Crippen molar-refractivity contribution in [1.82, 2.24) is 4.98 Å². The third-order valence-corrected chi connectivity index (χ3v) is 6.37. The first-order valence-electron chi connectivity index (χ1n) is 9.09. The van der Waals surface area contributed by atoms with E-state index in [1.807, 2.05) is 54.8 Å². The van der Waals surface area contributed by atoms with Gasteiger partial charge in [-0.25, -0.2) is 9.78 Å². The zero-order valence-electron chi connectivity index (χ0n) is 15.9. The highest BCUT2D eigenvalue weighted by atomic mass is 32.1. The average Bonchev–Trinajstić information content (AvgIpc) is 3.37. The lowest BCUT2D eigenvalue weighted by Crippen LogP contribution is -2.12. The molecule has 0 radical (unpaired) electrons. The summed E-state index contributed by atoms with van der Waals surface area (Å²) < 4.78 is 5.08. The molecule has 3 aromatic heterocycles. The quantitative estimate of drug-likeness (QED) is 0.415. The van der Waals surface area contributed by atoms with Crippen LogP contribution in [0.1, 0.15) is 32.5 Å². The van der Waals surface area contributed by atoms with Crippen molar-refractivity contribution in [2.24, 2.45) is 0 Å². The Morgan fingerprint density at radius 3 is 2.72 bits per heavy atom. The van der Waals surface area contributed by atoms with Gasteiger partial charge in [-0.05, 0) is 49.1 Å². The molecule has 0 aliphatic rings. The monoisotopic (exact) mass is 422 g/mol. The molecule has 0 saturated heterocycles. The lowest BCUT2D eigenvalue weighted by Gasteiger charge is -2.09. The van der Waals surface area contributed by atoms with E-state index in [1.165, 1.54) is 11.3 Å². The lowest BCUT2D eigenvalue weighted by atomic mass is 10.1. The Bertz CT molecular complexity index is 1200. The summed E-state index contributed by atoms with van der Waals surface area (Å²) in [6.07, 6.45) is 0. The van der Waals surface area contributed by atoms with Crippen molar-refractivity contribution < 1.29 is 14.3 Å². The summed E-state index contributed by atoms with van der Waals surface area (Å²) in [5.41, 5.74) is 2.85. The molecule has 5 nitrogen and oxygen atoms in total. The SMILES string of the molecule is CCOC(=O)c1sc(NC(=O)c2cc(-c3cccs3)nc3ccccc23)cc1C. The molecule has 3 heterocycles. The Morgan fingerprint density at radius 2 is 1.97 bits per heavy atom. The summed E-state index contributed by atoms with van der Waals surface area (Å²) in [5, 5.41) is 6.30. The van der Waals surface area contributed by atoms with E-state index in [0.717, 1.165) is 27.0 Å². The van der Waals surface area contributed by atoms with Crippen LogP contribution < -0.4 is 5.32 Å². The van der Waals surface area contributed by atoms with Gasteiger partial charge in [0.05, 0.1) is 33.3 Å². The zero-order chi connectivity index (χ0) is 20.4. The van der Waals surface area contributed by atoms with Gasteiger partial charge in [0.1, 0.15) is 4.88 Å². The average molecular weight is 423 g/mol. The smallest absolute Gasteiger partial charge is 0.348 e. The van der Waals surface area contributed by atoms with Crippen LogP contribution >= 0.6 is 22.7 Å². The molecule has 1 amide bonds. The van der Waals surface area contributed by atoms with Crippen LogP contribution in [0, 0.1) is 6.92 Å². The fourth-order valence-corrected chi connectivity index (χ4v) is 4.68. The summed E-state index contributed by atoms with van der Waals surface area (Å²) >= 11 is 2.80. The van der Waals surface area contributed by atoms with Crippen molar-refractivity contribution in [3.63, 3.8) is 0 Å². The highest BCUT2D eigenvalue weighted by molar-refractivity contribution is 7.18. The number of hydrogen-bond donors (Lipinski definition) is 1. The lowest BCUT2D eigenvalue weighted by molar-refractivity contribution is 0.0531. The van der Waals surface area contributed by atoms with Crippen LogP contribution in [-0.2, 0) is 4.74 Å². The van der Waals surface area contributed by atoms with E-state index in [1.54, 1.807) is 24.3 Å². The molecule has 4 rings (SSSR count). The van der Waals surface area contributed by atoms with Gasteiger partial charge in [-0.3, -0.25) is 4.79 Å². The maximum absolute atomic E-state index is 13.1. The predicted octanol–water partition coefficient (Wildman–Crippen LogP) is 5.76. The molecule has 29 heavy (non-hydrogen) atoms. The van der Waals surface area contributed by atoms with Crippen LogP contribution in [0.2, 0.25) is 0 Å². The minimum absolute atomic E-state index is 0.238. The van der Waals surface area contributed by atoms with E-state index in [4.69, 9.17) is 9.72 Å². The number of ether oxygens (including phenoxy) is 1. The van der Waals surface area contributed by atoms with Gasteiger partial charge >= 0.3 is 5.97 Å². The third kappa shape index (κ3) is 3.92. The molecule has 7 heteroatoms. The number of thiophene rings is 2. The number of aromatic nitrogens is 1. The maximum atomic E-state index is 13.1. The normalized spacial score (nSPS) is 10.8. The van der Waals surface area contributed by atoms with Crippen LogP contribution in [0.3, 0.4) is 0 Å². The number of benzene rings is 1. The number of anilines is 1. The number of esters is 1. The Hall–Kier alpha value is -3.03. The predicted molar refractivity (Wildman–Crippen MR) is 118 cm³/mol. The van der Waals surface area contributed by atoms with E-state index in [-0.39, 0.29) is 11.9 Å². The second kappa shape index (κ2) is 8.14. The fraction of sp³-hybridized carbons (Fsp3) is 0.136. The number of nitrogens with zero attached hydrogens (tertiary/aromatic N) is 1. The molecule has 1 N–H and O–H groups in total. The molecular formula is C22H18N2O3S2. The van der Waals surface area contributed by atoms with Crippen molar-refractivity contribution in [3.05, 3.63) is 69.9 Å². The summed E-state index contributed by atoms with van der Waals surface area (Å²) in [6.45, 7) is 3.91. The van der Waals surface area contributed by atoms with Gasteiger partial charge in [0.15, 0.2) is 0 Å². The van der Waals surface area contributed by atoms with E-state index in [2.05, 4.69) is 5.32 Å². The van der Waals surface area contributed by atoms with E-state index in [9.17, 15) is 9.59 Å². The zero-order valence-corrected chi connectivity index (χ0v) is 17.5. The number of aryl methyl sites for hydroxylation is 1. The highest BCUT2D eigenvalue weighted by Gasteiger charge is 2.18. The van der Waals surface area contributed by atoms with Crippen molar-refractivity contribution in [2.75, 3.05) is 11.9 Å². The van der Waals surface area contributed by atoms with Gasteiger partial charge < -0.3 is 10.1 Å². The number of nitrogens with one attached hydrogen (secondary N) is 1. The van der Waals surface area contributed by atoms with Crippen LogP contribution in [-0.4, -0.2) is 23.5 Å². The number of pyridine rings is 1. The number of carbonyl (C=O) groups is 2. The van der Waals surface area contributed by atoms with Gasteiger partial charge in [-0.15, -0.1) is 22.7 Å². The fourth-order valence-electron chi connectivity index (χ4n) is 3.04. The number of carbonyl (C=O) groups excluding carboxylic acids is 2. The second-order valence-electron chi connectivity index (χ2n) is 6.35. The number of para-hydroxylation sites is 1.